The zero-order chi connectivity index (χ0) is 19.2. The standard InChI is InChI=1S/C19H20FN3O4/c20-16-10-14(6-7-17(16)27-12-15-5-1-2-8-21-15)22-19(26)23-9-3-4-13(11-23)18(24)25/h1-2,5-8,10,13H,3-4,9,11-12H2,(H,22,26)(H,24,25). The Hall–Kier alpha value is -3.16. The number of ether oxygens (including phenoxy) is 1. The largest absolute Gasteiger partial charge is 0.484 e. The molecule has 0 radical (unpaired) electrons. The molecule has 0 bridgehead atoms. The zero-order valence-corrected chi connectivity index (χ0v) is 14.6. The molecule has 1 atom stereocenters. The van der Waals surface area contributed by atoms with E-state index in [0.717, 1.165) is 0 Å². The summed E-state index contributed by atoms with van der Waals surface area (Å²) in [4.78, 5) is 28.9. The number of rotatable bonds is 5. The van der Waals surface area contributed by atoms with Gasteiger partial charge in [-0.2, -0.15) is 0 Å². The van der Waals surface area contributed by atoms with Crippen molar-refractivity contribution in [2.75, 3.05) is 18.4 Å². The fraction of sp³-hybridized carbons (Fsp3) is 0.316. The van der Waals surface area contributed by atoms with Crippen LogP contribution in [0.4, 0.5) is 14.9 Å². The van der Waals surface area contributed by atoms with Crippen LogP contribution >= 0.6 is 0 Å². The van der Waals surface area contributed by atoms with E-state index in [1.807, 2.05) is 6.07 Å². The van der Waals surface area contributed by atoms with Crippen LogP contribution in [0.1, 0.15) is 18.5 Å². The number of pyridine rings is 1. The van der Waals surface area contributed by atoms with E-state index in [1.165, 1.54) is 23.1 Å². The average Bonchev–Trinajstić information content (AvgIpc) is 2.68. The first-order valence-corrected chi connectivity index (χ1v) is 8.64. The molecular formula is C19H20FN3O4. The van der Waals surface area contributed by atoms with Gasteiger partial charge < -0.3 is 20.1 Å². The Morgan fingerprint density at radius 2 is 2.19 bits per heavy atom. The number of urea groups is 1. The first-order chi connectivity index (χ1) is 13.0. The van der Waals surface area contributed by atoms with Crippen molar-refractivity contribution in [1.82, 2.24) is 9.88 Å². The van der Waals surface area contributed by atoms with E-state index in [1.54, 1.807) is 18.3 Å². The Bertz CT molecular complexity index is 816. The summed E-state index contributed by atoms with van der Waals surface area (Å²) in [5, 5.41) is 11.7. The maximum absolute atomic E-state index is 14.2. The fourth-order valence-electron chi connectivity index (χ4n) is 2.90. The summed E-state index contributed by atoms with van der Waals surface area (Å²) in [7, 11) is 0. The maximum atomic E-state index is 14.2. The van der Waals surface area contributed by atoms with E-state index >= 15 is 0 Å². The van der Waals surface area contributed by atoms with Gasteiger partial charge in [0, 0.05) is 31.0 Å². The number of halogens is 1. The Balaban J connectivity index is 1.58. The minimum absolute atomic E-state index is 0.0579. The third kappa shape index (κ3) is 4.93. The normalized spacial score (nSPS) is 16.6. The smallest absolute Gasteiger partial charge is 0.321 e. The van der Waals surface area contributed by atoms with Gasteiger partial charge in [0.15, 0.2) is 11.6 Å². The highest BCUT2D eigenvalue weighted by atomic mass is 19.1. The number of amides is 2. The molecule has 1 aliphatic heterocycles. The van der Waals surface area contributed by atoms with E-state index < -0.39 is 23.7 Å². The van der Waals surface area contributed by atoms with E-state index in [2.05, 4.69) is 10.3 Å². The van der Waals surface area contributed by atoms with Crippen molar-refractivity contribution in [1.29, 1.82) is 0 Å². The number of aliphatic carboxylic acids is 1. The molecule has 1 aromatic heterocycles. The molecule has 2 aromatic rings. The molecule has 0 aliphatic carbocycles. The van der Waals surface area contributed by atoms with Gasteiger partial charge in [0.2, 0.25) is 0 Å². The lowest BCUT2D eigenvalue weighted by Crippen LogP contribution is -2.44. The number of carbonyl (C=O) groups excluding carboxylic acids is 1. The fourth-order valence-corrected chi connectivity index (χ4v) is 2.90. The van der Waals surface area contributed by atoms with Gasteiger partial charge in [0.05, 0.1) is 11.6 Å². The first-order valence-electron chi connectivity index (χ1n) is 8.64. The molecule has 8 heteroatoms. The van der Waals surface area contributed by atoms with E-state index in [0.29, 0.717) is 25.1 Å². The number of nitrogens with zero attached hydrogens (tertiary/aromatic N) is 2. The molecule has 1 saturated heterocycles. The van der Waals surface area contributed by atoms with Crippen LogP contribution in [0.2, 0.25) is 0 Å². The van der Waals surface area contributed by atoms with Crippen LogP contribution in [0.25, 0.3) is 0 Å². The van der Waals surface area contributed by atoms with Crippen LogP contribution in [0.15, 0.2) is 42.6 Å². The highest BCUT2D eigenvalue weighted by molar-refractivity contribution is 5.89. The van der Waals surface area contributed by atoms with Crippen molar-refractivity contribution >= 4 is 17.7 Å². The molecule has 27 heavy (non-hydrogen) atoms. The molecule has 1 aromatic carbocycles. The molecule has 1 aliphatic rings. The van der Waals surface area contributed by atoms with Crippen molar-refractivity contribution in [2.24, 2.45) is 5.92 Å². The number of nitrogens with one attached hydrogen (secondary N) is 1. The Morgan fingerprint density at radius 3 is 2.89 bits per heavy atom. The topological polar surface area (TPSA) is 91.8 Å². The van der Waals surface area contributed by atoms with Crippen LogP contribution in [-0.4, -0.2) is 40.1 Å². The number of carboxylic acid groups (broad SMARTS) is 1. The number of likely N-dealkylation sites (tertiary alicyclic amines) is 1. The van der Waals surface area contributed by atoms with Crippen LogP contribution < -0.4 is 10.1 Å². The van der Waals surface area contributed by atoms with Crippen LogP contribution in [-0.2, 0) is 11.4 Å². The van der Waals surface area contributed by atoms with Crippen LogP contribution in [0.3, 0.4) is 0 Å². The highest BCUT2D eigenvalue weighted by Crippen LogP contribution is 2.23. The third-order valence-corrected chi connectivity index (χ3v) is 4.34. The van der Waals surface area contributed by atoms with Crippen LogP contribution in [0, 0.1) is 11.7 Å². The summed E-state index contributed by atoms with van der Waals surface area (Å²) in [6, 6.07) is 9.07. The maximum Gasteiger partial charge on any atom is 0.321 e. The minimum atomic E-state index is -0.909. The van der Waals surface area contributed by atoms with Crippen molar-refractivity contribution in [3.63, 3.8) is 0 Å². The third-order valence-electron chi connectivity index (χ3n) is 4.34. The average molecular weight is 373 g/mol. The van der Waals surface area contributed by atoms with Gasteiger partial charge in [-0.05, 0) is 37.1 Å². The number of carboxylic acids is 1. The second kappa shape index (κ2) is 8.48. The number of benzene rings is 1. The Labute approximate surface area is 155 Å². The SMILES string of the molecule is O=C(O)C1CCCN(C(=O)Nc2ccc(OCc3ccccn3)c(F)c2)C1. The first kappa shape index (κ1) is 18.6. The van der Waals surface area contributed by atoms with E-state index in [9.17, 15) is 14.0 Å². The lowest BCUT2D eigenvalue weighted by Gasteiger charge is -2.30. The molecule has 7 nitrogen and oxygen atoms in total. The predicted molar refractivity (Wildman–Crippen MR) is 95.9 cm³/mol. The number of anilines is 1. The molecule has 2 amide bonds. The number of hydrogen-bond acceptors (Lipinski definition) is 4. The number of aromatic nitrogens is 1. The van der Waals surface area contributed by atoms with Crippen molar-refractivity contribution < 1.29 is 23.8 Å². The Morgan fingerprint density at radius 1 is 1.33 bits per heavy atom. The van der Waals surface area contributed by atoms with Crippen molar-refractivity contribution in [3.8, 4) is 5.75 Å². The van der Waals surface area contributed by atoms with Gasteiger partial charge in [-0.1, -0.05) is 6.07 Å². The summed E-state index contributed by atoms with van der Waals surface area (Å²) in [5.41, 5.74) is 0.951. The van der Waals surface area contributed by atoms with E-state index in [-0.39, 0.29) is 24.6 Å². The Kier molecular flexibility index (Phi) is 5.85. The van der Waals surface area contributed by atoms with Gasteiger partial charge in [0.25, 0.3) is 0 Å². The van der Waals surface area contributed by atoms with Crippen molar-refractivity contribution in [3.05, 3.63) is 54.1 Å². The van der Waals surface area contributed by atoms with E-state index in [4.69, 9.17) is 9.84 Å². The quantitative estimate of drug-likeness (QED) is 0.840. The number of hydrogen-bond donors (Lipinski definition) is 2. The van der Waals surface area contributed by atoms with Crippen molar-refractivity contribution in [2.45, 2.75) is 19.4 Å². The van der Waals surface area contributed by atoms with Gasteiger partial charge in [0.1, 0.15) is 6.61 Å². The second-order valence-corrected chi connectivity index (χ2v) is 6.31. The lowest BCUT2D eigenvalue weighted by atomic mass is 9.99. The monoisotopic (exact) mass is 373 g/mol. The van der Waals surface area contributed by atoms with Gasteiger partial charge in [-0.3, -0.25) is 9.78 Å². The van der Waals surface area contributed by atoms with Crippen LogP contribution in [0.5, 0.6) is 5.75 Å². The molecule has 142 valence electrons. The summed E-state index contributed by atoms with van der Waals surface area (Å²) < 4.78 is 19.6. The summed E-state index contributed by atoms with van der Waals surface area (Å²) in [6.07, 6.45) is 2.80. The van der Waals surface area contributed by atoms with Gasteiger partial charge >= 0.3 is 12.0 Å². The molecule has 3 rings (SSSR count). The van der Waals surface area contributed by atoms with Gasteiger partial charge in [-0.15, -0.1) is 0 Å². The minimum Gasteiger partial charge on any atom is -0.484 e. The lowest BCUT2D eigenvalue weighted by molar-refractivity contribution is -0.143. The molecule has 0 spiro atoms. The number of carbonyl (C=O) groups is 2. The summed E-state index contributed by atoms with van der Waals surface area (Å²) >= 11 is 0. The number of piperidine rings is 1. The summed E-state index contributed by atoms with van der Waals surface area (Å²) in [6.45, 7) is 0.756. The zero-order valence-electron chi connectivity index (χ0n) is 14.6. The molecule has 2 N–H and O–H groups in total. The molecule has 0 saturated carbocycles. The molecule has 1 unspecified atom stereocenters. The van der Waals surface area contributed by atoms with Gasteiger partial charge in [-0.25, -0.2) is 9.18 Å². The molecule has 2 heterocycles. The molecule has 1 fully saturated rings. The summed E-state index contributed by atoms with van der Waals surface area (Å²) in [5.74, 6) is -2.02. The predicted octanol–water partition coefficient (Wildman–Crippen LogP) is 3.13. The molecular weight excluding hydrogens is 353 g/mol. The highest BCUT2D eigenvalue weighted by Gasteiger charge is 2.28. The second-order valence-electron chi connectivity index (χ2n) is 6.31.